The van der Waals surface area contributed by atoms with Gasteiger partial charge in [0.25, 0.3) is 17.7 Å². The number of benzene rings is 1. The number of carbonyl (C=O) groups excluding carboxylic acids is 7. The molecule has 0 bridgehead atoms. The number of imide groups is 1. The van der Waals surface area contributed by atoms with Gasteiger partial charge < -0.3 is 30.3 Å². The van der Waals surface area contributed by atoms with Crippen LogP contribution >= 0.6 is 11.3 Å². The lowest BCUT2D eigenvalue weighted by Crippen LogP contribution is -2.54. The number of carboxylic acid groups (broad SMARTS) is 1. The quantitative estimate of drug-likeness (QED) is 0.0874. The van der Waals surface area contributed by atoms with Crippen LogP contribution in [0.5, 0.6) is 0 Å². The highest BCUT2D eigenvalue weighted by Crippen LogP contribution is 2.30. The van der Waals surface area contributed by atoms with Gasteiger partial charge in [0.05, 0.1) is 12.5 Å². The number of hydrogen-bond donors (Lipinski definition) is 3. The summed E-state index contributed by atoms with van der Waals surface area (Å²) in [6.45, 7) is 7.08. The molecule has 2 aliphatic rings. The highest BCUT2D eigenvalue weighted by molar-refractivity contribution is 7.09. The van der Waals surface area contributed by atoms with Gasteiger partial charge in [-0.3, -0.25) is 43.3 Å². The summed E-state index contributed by atoms with van der Waals surface area (Å²) in [6.07, 6.45) is 6.30. The van der Waals surface area contributed by atoms with E-state index in [9.17, 15) is 43.5 Å². The van der Waals surface area contributed by atoms with Crippen molar-refractivity contribution in [3.63, 3.8) is 0 Å². The minimum atomic E-state index is -0.969. The standard InChI is InChI=1S/C43H58N6O10S/c1-27(2)34(24-35(59-29(4)50)42-46-32(26-60-42)40(55)45-31(22-28(3)43(57)58)23-30-14-8-6-9-15-30)47(5)39(54)25-44-41(56)33-16-11-13-20-48(33)36(51)17-10-7-12-21-49-37(52)18-19-38(49)53/h6,8-9,14-15,18-19,26-28,31,33-35H,7,10-13,16-17,20-25H2,1-5H3,(H,44,56)(H,45,55)(H,57,58). The zero-order valence-electron chi connectivity index (χ0n) is 35.1. The summed E-state index contributed by atoms with van der Waals surface area (Å²) in [7, 11) is 1.61. The Morgan fingerprint density at radius 2 is 1.68 bits per heavy atom. The molecule has 1 saturated heterocycles. The van der Waals surface area contributed by atoms with E-state index in [-0.39, 0.29) is 67.6 Å². The van der Waals surface area contributed by atoms with Crippen LogP contribution in [0, 0.1) is 11.8 Å². The van der Waals surface area contributed by atoms with E-state index in [1.165, 1.54) is 28.9 Å². The molecule has 1 fully saturated rings. The topological polar surface area (TPSA) is 213 Å². The number of nitrogens with zero attached hydrogens (tertiary/aromatic N) is 4. The first kappa shape index (κ1) is 47.2. The number of likely N-dealkylation sites (N-methyl/N-ethyl adjacent to an activating group) is 1. The number of likely N-dealkylation sites (tertiary alicyclic amines) is 1. The van der Waals surface area contributed by atoms with E-state index < -0.39 is 53.9 Å². The molecule has 3 N–H and O–H groups in total. The maximum absolute atomic E-state index is 13.6. The SMILES string of the molecule is CC(=O)OC(CC(C(C)C)N(C)C(=O)CNC(=O)C1CCCCN1C(=O)CCCCCN1C(=O)C=CC1=O)c1nc(C(=O)NC(Cc2ccccc2)CC(C)C(=O)O)cs1. The number of carbonyl (C=O) groups is 8. The third-order valence-electron chi connectivity index (χ3n) is 10.9. The number of ether oxygens (including phenoxy) is 1. The Morgan fingerprint density at radius 1 is 0.983 bits per heavy atom. The molecule has 6 amide bonds. The molecule has 3 heterocycles. The average molecular weight is 851 g/mol. The van der Waals surface area contributed by atoms with Gasteiger partial charge in [-0.2, -0.15) is 0 Å². The van der Waals surface area contributed by atoms with E-state index >= 15 is 0 Å². The van der Waals surface area contributed by atoms with E-state index in [0.29, 0.717) is 43.7 Å². The van der Waals surface area contributed by atoms with E-state index in [0.717, 1.165) is 29.7 Å². The van der Waals surface area contributed by atoms with Crippen molar-refractivity contribution in [2.24, 2.45) is 11.8 Å². The van der Waals surface area contributed by atoms with Gasteiger partial charge in [-0.15, -0.1) is 11.3 Å². The number of aromatic nitrogens is 1. The number of unbranched alkanes of at least 4 members (excludes halogenated alkanes) is 2. The van der Waals surface area contributed by atoms with Crippen molar-refractivity contribution in [1.29, 1.82) is 0 Å². The van der Waals surface area contributed by atoms with Crippen molar-refractivity contribution in [1.82, 2.24) is 30.3 Å². The van der Waals surface area contributed by atoms with Crippen LogP contribution < -0.4 is 10.6 Å². The molecule has 2 aliphatic heterocycles. The van der Waals surface area contributed by atoms with Gasteiger partial charge in [-0.1, -0.05) is 57.5 Å². The number of aliphatic carboxylic acids is 1. The van der Waals surface area contributed by atoms with Gasteiger partial charge in [-0.25, -0.2) is 4.98 Å². The summed E-state index contributed by atoms with van der Waals surface area (Å²) < 4.78 is 5.70. The fourth-order valence-corrected chi connectivity index (χ4v) is 8.37. The zero-order chi connectivity index (χ0) is 43.9. The van der Waals surface area contributed by atoms with Crippen molar-refractivity contribution >= 4 is 58.7 Å². The minimum Gasteiger partial charge on any atom is -0.481 e. The molecule has 0 aliphatic carbocycles. The van der Waals surface area contributed by atoms with Crippen LogP contribution in [0.2, 0.25) is 0 Å². The smallest absolute Gasteiger partial charge is 0.306 e. The van der Waals surface area contributed by atoms with E-state index in [4.69, 9.17) is 4.74 Å². The average Bonchev–Trinajstić information content (AvgIpc) is 3.84. The predicted octanol–water partition coefficient (Wildman–Crippen LogP) is 4.06. The van der Waals surface area contributed by atoms with Crippen molar-refractivity contribution in [3.8, 4) is 0 Å². The lowest BCUT2D eigenvalue weighted by molar-refractivity contribution is -0.149. The van der Waals surface area contributed by atoms with Crippen LogP contribution in [0.4, 0.5) is 0 Å². The highest BCUT2D eigenvalue weighted by Gasteiger charge is 2.34. The molecule has 0 radical (unpaired) electrons. The number of nitrogens with one attached hydrogen (secondary N) is 2. The van der Waals surface area contributed by atoms with Crippen LogP contribution in [0.15, 0.2) is 47.9 Å². The first-order valence-corrected chi connectivity index (χ1v) is 21.5. The van der Waals surface area contributed by atoms with Crippen molar-refractivity contribution in [2.75, 3.05) is 26.7 Å². The molecular weight excluding hydrogens is 793 g/mol. The first-order valence-electron chi connectivity index (χ1n) is 20.6. The molecule has 16 nitrogen and oxygen atoms in total. The van der Waals surface area contributed by atoms with Crippen LogP contribution in [0.3, 0.4) is 0 Å². The molecule has 0 spiro atoms. The van der Waals surface area contributed by atoms with Crippen LogP contribution in [-0.4, -0.2) is 117 Å². The lowest BCUT2D eigenvalue weighted by Gasteiger charge is -2.35. The molecule has 17 heteroatoms. The third-order valence-corrected chi connectivity index (χ3v) is 11.8. The van der Waals surface area contributed by atoms with Crippen LogP contribution in [0.25, 0.3) is 0 Å². The number of hydrogen-bond acceptors (Lipinski definition) is 11. The summed E-state index contributed by atoms with van der Waals surface area (Å²) in [5.74, 6) is -4.50. The van der Waals surface area contributed by atoms with Gasteiger partial charge in [0.15, 0.2) is 6.10 Å². The second kappa shape index (κ2) is 22.8. The molecule has 0 saturated carbocycles. The normalized spacial score (nSPS) is 17.2. The Morgan fingerprint density at radius 3 is 2.33 bits per heavy atom. The third kappa shape index (κ3) is 13.8. The number of esters is 1. The van der Waals surface area contributed by atoms with E-state index in [1.54, 1.807) is 24.3 Å². The number of piperidine rings is 1. The first-order chi connectivity index (χ1) is 28.5. The summed E-state index contributed by atoms with van der Waals surface area (Å²) in [5, 5.41) is 17.1. The molecule has 60 heavy (non-hydrogen) atoms. The molecule has 2 aromatic rings. The monoisotopic (exact) mass is 850 g/mol. The number of rotatable bonds is 22. The van der Waals surface area contributed by atoms with Gasteiger partial charge in [0.2, 0.25) is 17.7 Å². The van der Waals surface area contributed by atoms with Gasteiger partial charge in [-0.05, 0) is 56.4 Å². The Bertz CT molecular complexity index is 1870. The summed E-state index contributed by atoms with van der Waals surface area (Å²) in [5.41, 5.74) is 1.02. The summed E-state index contributed by atoms with van der Waals surface area (Å²) in [6, 6.07) is 7.75. The molecule has 5 unspecified atom stereocenters. The molecule has 5 atom stereocenters. The Balaban J connectivity index is 1.34. The van der Waals surface area contributed by atoms with Gasteiger partial charge in [0.1, 0.15) is 16.7 Å². The number of thiazole rings is 1. The molecular formula is C43H58N6O10S. The Kier molecular flexibility index (Phi) is 17.9. The van der Waals surface area contributed by atoms with Gasteiger partial charge in [0, 0.05) is 69.5 Å². The Hall–Kier alpha value is -5.45. The van der Waals surface area contributed by atoms with Crippen LogP contribution in [-0.2, 0) is 44.7 Å². The largest absolute Gasteiger partial charge is 0.481 e. The van der Waals surface area contributed by atoms with Crippen molar-refractivity contribution in [3.05, 3.63) is 64.1 Å². The molecule has 1 aromatic heterocycles. The van der Waals surface area contributed by atoms with E-state index in [2.05, 4.69) is 15.6 Å². The summed E-state index contributed by atoms with van der Waals surface area (Å²) in [4.78, 5) is 110. The maximum atomic E-state index is 13.6. The summed E-state index contributed by atoms with van der Waals surface area (Å²) >= 11 is 1.13. The minimum absolute atomic E-state index is 0.0855. The van der Waals surface area contributed by atoms with Crippen LogP contribution in [0.1, 0.15) is 113 Å². The number of carboxylic acids is 1. The fourth-order valence-electron chi connectivity index (χ4n) is 7.53. The van der Waals surface area contributed by atoms with Crippen molar-refractivity contribution in [2.45, 2.75) is 116 Å². The fraction of sp³-hybridized carbons (Fsp3) is 0.558. The highest BCUT2D eigenvalue weighted by atomic mass is 32.1. The maximum Gasteiger partial charge on any atom is 0.306 e. The second-order valence-corrected chi connectivity index (χ2v) is 16.7. The van der Waals surface area contributed by atoms with Gasteiger partial charge >= 0.3 is 11.9 Å². The number of amides is 6. The Labute approximate surface area is 355 Å². The zero-order valence-corrected chi connectivity index (χ0v) is 35.9. The van der Waals surface area contributed by atoms with E-state index in [1.807, 2.05) is 44.2 Å². The van der Waals surface area contributed by atoms with Crippen molar-refractivity contribution < 1.29 is 48.2 Å². The predicted molar refractivity (Wildman–Crippen MR) is 222 cm³/mol. The molecule has 326 valence electrons. The second-order valence-electron chi connectivity index (χ2n) is 15.8. The molecule has 4 rings (SSSR count). The lowest BCUT2D eigenvalue weighted by atomic mass is 9.96. The molecule has 1 aromatic carbocycles.